The van der Waals surface area contributed by atoms with Gasteiger partial charge < -0.3 is 4.90 Å². The first-order valence-corrected chi connectivity index (χ1v) is 9.48. The van der Waals surface area contributed by atoms with Gasteiger partial charge in [0.15, 0.2) is 9.84 Å². The minimum absolute atomic E-state index is 0.0863. The number of hydrogen-bond acceptors (Lipinski definition) is 3. The molecule has 0 saturated carbocycles. The molecule has 3 rings (SSSR count). The van der Waals surface area contributed by atoms with Crippen molar-refractivity contribution in [1.82, 2.24) is 0 Å². The summed E-state index contributed by atoms with van der Waals surface area (Å²) < 4.78 is 37.0. The molecule has 0 aromatic heterocycles. The molecule has 1 fully saturated rings. The molecule has 0 bridgehead atoms. The van der Waals surface area contributed by atoms with Crippen LogP contribution in [0.4, 0.5) is 10.1 Å². The Morgan fingerprint density at radius 2 is 2.18 bits per heavy atom. The molecule has 0 spiro atoms. The monoisotopic (exact) mass is 325 g/mol. The molecule has 22 heavy (non-hydrogen) atoms. The Morgan fingerprint density at radius 3 is 2.86 bits per heavy atom. The van der Waals surface area contributed by atoms with Gasteiger partial charge in [0.1, 0.15) is 5.82 Å². The molecular formula is C16H20FNO3S. The van der Waals surface area contributed by atoms with Crippen molar-refractivity contribution >= 4 is 21.4 Å². The van der Waals surface area contributed by atoms with Crippen LogP contribution in [0.1, 0.15) is 30.4 Å². The Morgan fingerprint density at radius 1 is 1.41 bits per heavy atom. The molecular weight excluding hydrogens is 305 g/mol. The zero-order valence-electron chi connectivity index (χ0n) is 12.6. The van der Waals surface area contributed by atoms with Crippen LogP contribution >= 0.6 is 0 Å². The van der Waals surface area contributed by atoms with Gasteiger partial charge in [-0.05, 0) is 43.7 Å². The molecule has 4 nitrogen and oxygen atoms in total. The fourth-order valence-electron chi connectivity index (χ4n) is 3.51. The van der Waals surface area contributed by atoms with Crippen molar-refractivity contribution in [2.75, 3.05) is 23.0 Å². The van der Waals surface area contributed by atoms with Crippen LogP contribution in [0.2, 0.25) is 0 Å². The average Bonchev–Trinajstić information content (AvgIpc) is 2.81. The van der Waals surface area contributed by atoms with Crippen molar-refractivity contribution < 1.29 is 17.6 Å². The highest BCUT2D eigenvalue weighted by Crippen LogP contribution is 2.34. The Balaban J connectivity index is 1.82. The predicted molar refractivity (Wildman–Crippen MR) is 83.2 cm³/mol. The summed E-state index contributed by atoms with van der Waals surface area (Å²) >= 11 is 0. The molecule has 2 aliphatic rings. The third kappa shape index (κ3) is 2.89. The lowest BCUT2D eigenvalue weighted by Crippen LogP contribution is -2.37. The van der Waals surface area contributed by atoms with E-state index in [1.807, 2.05) is 6.92 Å². The molecule has 1 saturated heterocycles. The largest absolute Gasteiger partial charge is 0.312 e. The van der Waals surface area contributed by atoms with Crippen LogP contribution in [0.3, 0.4) is 0 Å². The number of hydrogen-bond donors (Lipinski definition) is 0. The van der Waals surface area contributed by atoms with E-state index in [1.54, 1.807) is 11.0 Å². The van der Waals surface area contributed by atoms with Gasteiger partial charge in [0.25, 0.3) is 0 Å². The maximum atomic E-state index is 14.0. The van der Waals surface area contributed by atoms with Gasteiger partial charge in [-0.15, -0.1) is 0 Å². The normalized spacial score (nSPS) is 23.4. The molecule has 2 aliphatic heterocycles. The number of aryl methyl sites for hydroxylation is 1. The van der Waals surface area contributed by atoms with Crippen molar-refractivity contribution in [1.29, 1.82) is 0 Å². The fourth-order valence-corrected chi connectivity index (χ4v) is 5.37. The smallest absolute Gasteiger partial charge is 0.227 e. The highest BCUT2D eigenvalue weighted by Gasteiger charge is 2.33. The van der Waals surface area contributed by atoms with E-state index in [9.17, 15) is 17.6 Å². The van der Waals surface area contributed by atoms with Crippen LogP contribution in [-0.2, 0) is 21.1 Å². The van der Waals surface area contributed by atoms with E-state index in [1.165, 1.54) is 6.07 Å². The van der Waals surface area contributed by atoms with E-state index in [0.29, 0.717) is 30.6 Å². The lowest BCUT2D eigenvalue weighted by atomic mass is 9.96. The standard InChI is InChI=1S/C16H20FNO3S/c1-11-4-5-14(17)13-3-2-7-18(16(11)13)15(19)9-12-6-8-22(20,21)10-12/h4-5,12H,2-3,6-10H2,1H3/t12-/m1/s1. The quantitative estimate of drug-likeness (QED) is 0.838. The Labute approximate surface area is 130 Å². The molecule has 0 unspecified atom stereocenters. The molecule has 2 heterocycles. The van der Waals surface area contributed by atoms with Crippen LogP contribution in [0.5, 0.6) is 0 Å². The second-order valence-corrected chi connectivity index (χ2v) is 8.54. The van der Waals surface area contributed by atoms with Gasteiger partial charge >= 0.3 is 0 Å². The number of carbonyl (C=O) groups excluding carboxylic acids is 1. The van der Waals surface area contributed by atoms with Gasteiger partial charge in [0.05, 0.1) is 17.2 Å². The molecule has 0 N–H and O–H groups in total. The lowest BCUT2D eigenvalue weighted by Gasteiger charge is -2.32. The van der Waals surface area contributed by atoms with Crippen LogP contribution in [-0.4, -0.2) is 32.4 Å². The predicted octanol–water partition coefficient (Wildman–Crippen LogP) is 2.24. The van der Waals surface area contributed by atoms with Crippen LogP contribution in [0.25, 0.3) is 0 Å². The molecule has 6 heteroatoms. The third-order valence-corrected chi connectivity index (χ3v) is 6.43. The minimum atomic E-state index is -2.98. The molecule has 1 aromatic carbocycles. The summed E-state index contributed by atoms with van der Waals surface area (Å²) in [5, 5.41) is 0. The van der Waals surface area contributed by atoms with Crippen molar-refractivity contribution in [3.05, 3.63) is 29.1 Å². The first-order valence-electron chi connectivity index (χ1n) is 7.66. The highest BCUT2D eigenvalue weighted by atomic mass is 32.2. The highest BCUT2D eigenvalue weighted by molar-refractivity contribution is 7.91. The van der Waals surface area contributed by atoms with Gasteiger partial charge in [-0.3, -0.25) is 4.79 Å². The number of amides is 1. The first kappa shape index (κ1) is 15.5. The topological polar surface area (TPSA) is 54.5 Å². The average molecular weight is 325 g/mol. The van der Waals surface area contributed by atoms with E-state index >= 15 is 0 Å². The number of benzene rings is 1. The Bertz CT molecular complexity index is 714. The van der Waals surface area contributed by atoms with Gasteiger partial charge in [0.2, 0.25) is 5.91 Å². The zero-order chi connectivity index (χ0) is 15.9. The van der Waals surface area contributed by atoms with E-state index in [-0.39, 0.29) is 35.6 Å². The summed E-state index contributed by atoms with van der Waals surface area (Å²) in [7, 11) is -2.98. The lowest BCUT2D eigenvalue weighted by molar-refractivity contribution is -0.119. The zero-order valence-corrected chi connectivity index (χ0v) is 13.5. The fraction of sp³-hybridized carbons (Fsp3) is 0.562. The molecule has 1 aromatic rings. The maximum Gasteiger partial charge on any atom is 0.227 e. The molecule has 120 valence electrons. The molecule has 0 aliphatic carbocycles. The van der Waals surface area contributed by atoms with Gasteiger partial charge in [0, 0.05) is 18.5 Å². The number of carbonyl (C=O) groups is 1. The summed E-state index contributed by atoms with van der Waals surface area (Å²) in [6, 6.07) is 3.14. The summed E-state index contributed by atoms with van der Waals surface area (Å²) in [6.45, 7) is 2.46. The first-order chi connectivity index (χ1) is 10.4. The summed E-state index contributed by atoms with van der Waals surface area (Å²) in [5.41, 5.74) is 2.19. The molecule has 0 radical (unpaired) electrons. The summed E-state index contributed by atoms with van der Waals surface area (Å²) in [6.07, 6.45) is 2.16. The number of halogens is 1. The third-order valence-electron chi connectivity index (χ3n) is 4.60. The van der Waals surface area contributed by atoms with Gasteiger partial charge in [-0.1, -0.05) is 6.07 Å². The summed E-state index contributed by atoms with van der Waals surface area (Å²) in [5.74, 6) is -0.174. The Kier molecular flexibility index (Phi) is 3.97. The van der Waals surface area contributed by atoms with Gasteiger partial charge in [-0.2, -0.15) is 0 Å². The van der Waals surface area contributed by atoms with E-state index < -0.39 is 9.84 Å². The van der Waals surface area contributed by atoms with Crippen molar-refractivity contribution in [2.24, 2.45) is 5.92 Å². The molecule has 1 amide bonds. The van der Waals surface area contributed by atoms with Crippen LogP contribution < -0.4 is 4.90 Å². The molecule has 1 atom stereocenters. The maximum absolute atomic E-state index is 14.0. The van der Waals surface area contributed by atoms with Crippen molar-refractivity contribution in [3.8, 4) is 0 Å². The van der Waals surface area contributed by atoms with Gasteiger partial charge in [-0.25, -0.2) is 12.8 Å². The summed E-state index contributed by atoms with van der Waals surface area (Å²) in [4.78, 5) is 14.3. The van der Waals surface area contributed by atoms with Crippen LogP contribution in [0.15, 0.2) is 12.1 Å². The number of sulfone groups is 1. The second-order valence-electron chi connectivity index (χ2n) is 6.31. The SMILES string of the molecule is Cc1ccc(F)c2c1N(C(=O)C[C@H]1CCS(=O)(=O)C1)CCC2. The minimum Gasteiger partial charge on any atom is -0.312 e. The number of nitrogens with zero attached hydrogens (tertiary/aromatic N) is 1. The van der Waals surface area contributed by atoms with E-state index in [4.69, 9.17) is 0 Å². The number of fused-ring (bicyclic) bond motifs is 1. The Hall–Kier alpha value is -1.43. The van der Waals surface area contributed by atoms with Crippen LogP contribution in [0, 0.1) is 18.7 Å². The van der Waals surface area contributed by atoms with Crippen molar-refractivity contribution in [3.63, 3.8) is 0 Å². The van der Waals surface area contributed by atoms with E-state index in [0.717, 1.165) is 12.0 Å². The number of rotatable bonds is 2. The van der Waals surface area contributed by atoms with E-state index in [2.05, 4.69) is 0 Å². The number of anilines is 1. The van der Waals surface area contributed by atoms with Crippen molar-refractivity contribution in [2.45, 2.75) is 32.6 Å². The second kappa shape index (κ2) is 5.65.